The van der Waals surface area contributed by atoms with Crippen LogP contribution in [0, 0.1) is 0 Å². The van der Waals surface area contributed by atoms with E-state index in [1.165, 1.54) is 37.9 Å². The summed E-state index contributed by atoms with van der Waals surface area (Å²) in [6, 6.07) is 32.0. The lowest BCUT2D eigenvalue weighted by atomic mass is 9.86. The summed E-state index contributed by atoms with van der Waals surface area (Å²) in [7, 11) is 0.0645. The van der Waals surface area contributed by atoms with Gasteiger partial charge in [-0.15, -0.1) is 0 Å². The molecule has 0 unspecified atom stereocenters. The SMILES string of the molecule is OBc1cccc(-c2ccc3c4ccccc4c4ccccc4c3c2)c1. The van der Waals surface area contributed by atoms with Gasteiger partial charge in [0.1, 0.15) is 0 Å². The Kier molecular flexibility index (Phi) is 3.51. The van der Waals surface area contributed by atoms with E-state index in [2.05, 4.69) is 78.9 Å². The van der Waals surface area contributed by atoms with Crippen LogP contribution in [0.15, 0.2) is 91.0 Å². The van der Waals surface area contributed by atoms with Crippen molar-refractivity contribution in [2.45, 2.75) is 0 Å². The van der Waals surface area contributed by atoms with E-state index >= 15 is 0 Å². The molecule has 5 aromatic carbocycles. The first kappa shape index (κ1) is 15.2. The zero-order chi connectivity index (χ0) is 17.5. The number of benzene rings is 5. The molecule has 0 atom stereocenters. The van der Waals surface area contributed by atoms with E-state index in [0.717, 1.165) is 11.0 Å². The molecule has 1 N–H and O–H groups in total. The van der Waals surface area contributed by atoms with Gasteiger partial charge in [-0.05, 0) is 49.5 Å². The zero-order valence-electron chi connectivity index (χ0n) is 14.3. The molecule has 2 heteroatoms. The molecule has 122 valence electrons. The Hall–Kier alpha value is -3.10. The molecule has 0 fully saturated rings. The summed E-state index contributed by atoms with van der Waals surface area (Å²) < 4.78 is 0. The Morgan fingerprint density at radius 1 is 0.462 bits per heavy atom. The Morgan fingerprint density at radius 2 is 1.00 bits per heavy atom. The molecule has 0 bridgehead atoms. The van der Waals surface area contributed by atoms with Gasteiger partial charge in [-0.1, -0.05) is 90.4 Å². The van der Waals surface area contributed by atoms with Crippen molar-refractivity contribution in [3.05, 3.63) is 91.0 Å². The highest BCUT2D eigenvalue weighted by molar-refractivity contribution is 6.45. The van der Waals surface area contributed by atoms with E-state index in [0.29, 0.717) is 0 Å². The molecule has 5 aromatic rings. The summed E-state index contributed by atoms with van der Waals surface area (Å²) in [5.41, 5.74) is 3.25. The Bertz CT molecular complexity index is 1240. The standard InChI is InChI=1S/C24H17BO/c26-25-18-7-5-6-16(14-18)17-12-13-23-21-10-2-1-8-19(21)20-9-3-4-11-22(20)24(23)15-17/h1-15,25-26H. The van der Waals surface area contributed by atoms with Gasteiger partial charge in [-0.2, -0.15) is 0 Å². The fraction of sp³-hybridized carbons (Fsp3) is 0. The molecule has 0 spiro atoms. The van der Waals surface area contributed by atoms with Gasteiger partial charge in [0.05, 0.1) is 0 Å². The molecule has 0 radical (unpaired) electrons. The van der Waals surface area contributed by atoms with Gasteiger partial charge in [-0.25, -0.2) is 0 Å². The van der Waals surface area contributed by atoms with Crippen molar-refractivity contribution in [2.24, 2.45) is 0 Å². The van der Waals surface area contributed by atoms with Gasteiger partial charge >= 0.3 is 7.48 Å². The van der Waals surface area contributed by atoms with Gasteiger partial charge in [0.15, 0.2) is 0 Å². The van der Waals surface area contributed by atoms with E-state index in [1.54, 1.807) is 0 Å². The van der Waals surface area contributed by atoms with Crippen molar-refractivity contribution < 1.29 is 5.02 Å². The number of hydrogen-bond acceptors (Lipinski definition) is 1. The summed E-state index contributed by atoms with van der Waals surface area (Å²) in [5, 5.41) is 17.1. The molecular formula is C24H17BO. The van der Waals surface area contributed by atoms with Crippen LogP contribution >= 0.6 is 0 Å². The number of fused-ring (bicyclic) bond motifs is 6. The smallest absolute Gasteiger partial charge is 0.304 e. The van der Waals surface area contributed by atoms with Crippen LogP contribution < -0.4 is 5.46 Å². The van der Waals surface area contributed by atoms with Gasteiger partial charge < -0.3 is 5.02 Å². The fourth-order valence-corrected chi connectivity index (χ4v) is 3.94. The van der Waals surface area contributed by atoms with Crippen molar-refractivity contribution in [1.29, 1.82) is 0 Å². The average Bonchev–Trinajstić information content (AvgIpc) is 2.73. The van der Waals surface area contributed by atoms with E-state index in [9.17, 15) is 5.02 Å². The van der Waals surface area contributed by atoms with Crippen LogP contribution in [0.1, 0.15) is 0 Å². The van der Waals surface area contributed by atoms with Crippen LogP contribution in [-0.2, 0) is 0 Å². The summed E-state index contributed by atoms with van der Waals surface area (Å²) >= 11 is 0. The van der Waals surface area contributed by atoms with Crippen LogP contribution in [0.5, 0.6) is 0 Å². The molecule has 0 aliphatic heterocycles. The molecule has 0 aliphatic rings. The van der Waals surface area contributed by atoms with Gasteiger partial charge in [0, 0.05) is 0 Å². The van der Waals surface area contributed by atoms with Crippen LogP contribution in [0.3, 0.4) is 0 Å². The molecule has 0 saturated heterocycles. The topological polar surface area (TPSA) is 20.2 Å². The number of hydrogen-bond donors (Lipinski definition) is 1. The summed E-state index contributed by atoms with van der Waals surface area (Å²) in [4.78, 5) is 0. The van der Waals surface area contributed by atoms with Crippen molar-refractivity contribution >= 4 is 45.3 Å². The van der Waals surface area contributed by atoms with Crippen molar-refractivity contribution in [2.75, 3.05) is 0 Å². The van der Waals surface area contributed by atoms with Crippen LogP contribution in [0.2, 0.25) is 0 Å². The predicted molar refractivity (Wildman–Crippen MR) is 113 cm³/mol. The maximum atomic E-state index is 9.44. The second kappa shape index (κ2) is 6.01. The molecule has 5 rings (SSSR count). The molecular weight excluding hydrogens is 315 g/mol. The van der Waals surface area contributed by atoms with E-state index in [-0.39, 0.29) is 7.48 Å². The highest BCUT2D eigenvalue weighted by Gasteiger charge is 2.09. The second-order valence-electron chi connectivity index (χ2n) is 6.71. The zero-order valence-corrected chi connectivity index (χ0v) is 14.3. The lowest BCUT2D eigenvalue weighted by molar-refractivity contribution is 0.615. The first-order valence-electron chi connectivity index (χ1n) is 8.88. The maximum Gasteiger partial charge on any atom is 0.304 e. The molecule has 26 heavy (non-hydrogen) atoms. The minimum absolute atomic E-state index is 0.0645. The maximum absolute atomic E-state index is 9.44. The first-order valence-corrected chi connectivity index (χ1v) is 8.88. The lowest BCUT2D eigenvalue weighted by Crippen LogP contribution is -2.12. The largest absolute Gasteiger partial charge is 0.449 e. The van der Waals surface area contributed by atoms with Crippen LogP contribution in [0.4, 0.5) is 0 Å². The van der Waals surface area contributed by atoms with E-state index in [4.69, 9.17) is 0 Å². The Labute approximate surface area is 152 Å². The van der Waals surface area contributed by atoms with Crippen LogP contribution in [0.25, 0.3) is 43.4 Å². The minimum atomic E-state index is 0.0645. The molecule has 0 saturated carbocycles. The van der Waals surface area contributed by atoms with Crippen molar-refractivity contribution in [1.82, 2.24) is 0 Å². The molecule has 0 heterocycles. The van der Waals surface area contributed by atoms with Crippen molar-refractivity contribution in [3.63, 3.8) is 0 Å². The third-order valence-electron chi connectivity index (χ3n) is 5.19. The van der Waals surface area contributed by atoms with Gasteiger partial charge in [-0.3, -0.25) is 0 Å². The van der Waals surface area contributed by atoms with E-state index < -0.39 is 0 Å². The van der Waals surface area contributed by atoms with Gasteiger partial charge in [0.2, 0.25) is 0 Å². The Balaban J connectivity index is 1.88. The van der Waals surface area contributed by atoms with Gasteiger partial charge in [0.25, 0.3) is 0 Å². The highest BCUT2D eigenvalue weighted by atomic mass is 16.2. The quantitative estimate of drug-likeness (QED) is 0.364. The molecule has 0 aromatic heterocycles. The monoisotopic (exact) mass is 332 g/mol. The lowest BCUT2D eigenvalue weighted by Gasteiger charge is -2.12. The third-order valence-corrected chi connectivity index (χ3v) is 5.19. The first-order chi connectivity index (χ1) is 12.8. The molecule has 0 amide bonds. The summed E-state index contributed by atoms with van der Waals surface area (Å²) in [6.45, 7) is 0. The summed E-state index contributed by atoms with van der Waals surface area (Å²) in [5.74, 6) is 0. The normalized spacial score (nSPS) is 11.3. The van der Waals surface area contributed by atoms with E-state index in [1.807, 2.05) is 12.1 Å². The third kappa shape index (κ3) is 2.31. The molecule has 0 aliphatic carbocycles. The van der Waals surface area contributed by atoms with Crippen LogP contribution in [-0.4, -0.2) is 12.5 Å². The average molecular weight is 332 g/mol. The number of rotatable bonds is 2. The van der Waals surface area contributed by atoms with Crippen molar-refractivity contribution in [3.8, 4) is 11.1 Å². The minimum Gasteiger partial charge on any atom is -0.449 e. The second-order valence-corrected chi connectivity index (χ2v) is 6.71. The summed E-state index contributed by atoms with van der Waals surface area (Å²) in [6.07, 6.45) is 0. The molecule has 1 nitrogen and oxygen atoms in total. The highest BCUT2D eigenvalue weighted by Crippen LogP contribution is 2.36. The Morgan fingerprint density at radius 3 is 1.62 bits per heavy atom. The fourth-order valence-electron chi connectivity index (χ4n) is 3.94. The predicted octanol–water partition coefficient (Wildman–Crippen LogP) is 4.78.